The van der Waals surface area contributed by atoms with E-state index in [1.165, 1.54) is 11.1 Å². The van der Waals surface area contributed by atoms with Gasteiger partial charge < -0.3 is 4.57 Å². The van der Waals surface area contributed by atoms with Crippen LogP contribution < -0.4 is 5.43 Å². The van der Waals surface area contributed by atoms with Gasteiger partial charge in [-0.25, -0.2) is 5.43 Å². The Bertz CT molecular complexity index is 1330. The first-order valence-electron chi connectivity index (χ1n) is 11.1. The quantitative estimate of drug-likeness (QED) is 0.191. The molecule has 0 fully saturated rings. The fraction of sp³-hybridized carbons (Fsp3) is 0.143. The summed E-state index contributed by atoms with van der Waals surface area (Å²) in [6.45, 7) is 3.98. The minimum Gasteiger partial charge on any atom is -0.318 e. The Hall–Kier alpha value is -2.99. The molecule has 0 radical (unpaired) electrons. The van der Waals surface area contributed by atoms with Gasteiger partial charge in [-0.2, -0.15) is 16.9 Å². The molecule has 1 N–H and O–H groups in total. The average Bonchev–Trinajstić information content (AvgIpc) is 3.12. The lowest BCUT2D eigenvalue weighted by atomic mass is 10.1. The molecule has 3 aromatic carbocycles. The largest absolute Gasteiger partial charge is 0.318 e. The van der Waals surface area contributed by atoms with E-state index in [9.17, 15) is 4.79 Å². The molecular formula is C28H25Cl2N3OS. The number of hydrogen-bond acceptors (Lipinski definition) is 3. The van der Waals surface area contributed by atoms with Crippen LogP contribution in [0.15, 0.2) is 84.0 Å². The number of nitrogens with zero attached hydrogens (tertiary/aromatic N) is 2. The number of benzene rings is 3. The van der Waals surface area contributed by atoms with Crippen molar-refractivity contribution in [3.05, 3.63) is 123 Å². The van der Waals surface area contributed by atoms with Crippen LogP contribution in [0.4, 0.5) is 0 Å². The molecule has 1 heterocycles. The molecule has 178 valence electrons. The normalized spacial score (nSPS) is 11.2. The van der Waals surface area contributed by atoms with Crippen molar-refractivity contribution >= 4 is 47.1 Å². The van der Waals surface area contributed by atoms with Crippen molar-refractivity contribution in [2.24, 2.45) is 5.10 Å². The number of amides is 1. The van der Waals surface area contributed by atoms with Gasteiger partial charge in [0, 0.05) is 49.8 Å². The predicted molar refractivity (Wildman–Crippen MR) is 148 cm³/mol. The van der Waals surface area contributed by atoms with Crippen LogP contribution in [0.5, 0.6) is 0 Å². The third kappa shape index (κ3) is 6.57. The Balaban J connectivity index is 1.35. The van der Waals surface area contributed by atoms with Gasteiger partial charge in [0.05, 0.1) is 6.21 Å². The van der Waals surface area contributed by atoms with Gasteiger partial charge in [-0.05, 0) is 61.4 Å². The number of thioether (sulfide) groups is 1. The van der Waals surface area contributed by atoms with Gasteiger partial charge in [0.15, 0.2) is 0 Å². The van der Waals surface area contributed by atoms with Crippen LogP contribution in [0.3, 0.4) is 0 Å². The van der Waals surface area contributed by atoms with Crippen molar-refractivity contribution in [2.75, 3.05) is 0 Å². The first kappa shape index (κ1) is 25.1. The van der Waals surface area contributed by atoms with E-state index in [1.807, 2.05) is 74.1 Å². The van der Waals surface area contributed by atoms with E-state index in [0.29, 0.717) is 15.6 Å². The zero-order chi connectivity index (χ0) is 24.8. The third-order valence-electron chi connectivity index (χ3n) is 5.54. The van der Waals surface area contributed by atoms with Crippen LogP contribution in [0.1, 0.15) is 38.4 Å². The van der Waals surface area contributed by atoms with Crippen LogP contribution in [-0.4, -0.2) is 16.7 Å². The van der Waals surface area contributed by atoms with E-state index in [0.717, 1.165) is 34.1 Å². The first-order valence-corrected chi connectivity index (χ1v) is 13.0. The van der Waals surface area contributed by atoms with Crippen LogP contribution in [0, 0.1) is 13.8 Å². The number of aryl methyl sites for hydroxylation is 1. The number of hydrazone groups is 1. The molecule has 4 rings (SSSR count). The molecule has 1 aromatic heterocycles. The molecule has 0 atom stereocenters. The molecule has 0 unspecified atom stereocenters. The lowest BCUT2D eigenvalue weighted by Gasteiger charge is -2.10. The number of halogens is 2. The predicted octanol–water partition coefficient (Wildman–Crippen LogP) is 7.60. The summed E-state index contributed by atoms with van der Waals surface area (Å²) in [5.41, 5.74) is 9.42. The smallest absolute Gasteiger partial charge is 0.271 e. The molecule has 0 saturated carbocycles. The molecule has 0 spiro atoms. The standard InChI is InChI=1S/C28H25Cl2N3OS/c1-19-12-24(20(2)33(19)27-14-25(29)13-26(30)15-27)16-31-32-28(34)23-10-8-22(9-11-23)18-35-17-21-6-4-3-5-7-21/h3-16H,17-18H2,1-2H3,(H,32,34)/b31-16+. The van der Waals surface area contributed by atoms with Gasteiger partial charge in [-0.3, -0.25) is 4.79 Å². The summed E-state index contributed by atoms with van der Waals surface area (Å²) in [6.07, 6.45) is 1.65. The lowest BCUT2D eigenvalue weighted by Crippen LogP contribution is -2.17. The molecule has 0 bridgehead atoms. The van der Waals surface area contributed by atoms with Gasteiger partial charge in [0.2, 0.25) is 0 Å². The molecular weight excluding hydrogens is 497 g/mol. The van der Waals surface area contributed by atoms with E-state index in [4.69, 9.17) is 23.2 Å². The van der Waals surface area contributed by atoms with Gasteiger partial charge in [-0.1, -0.05) is 65.7 Å². The van der Waals surface area contributed by atoms with E-state index in [1.54, 1.807) is 12.3 Å². The van der Waals surface area contributed by atoms with Gasteiger partial charge in [-0.15, -0.1) is 0 Å². The zero-order valence-electron chi connectivity index (χ0n) is 19.5. The highest BCUT2D eigenvalue weighted by Gasteiger charge is 2.11. The van der Waals surface area contributed by atoms with Gasteiger partial charge in [0.1, 0.15) is 0 Å². The molecule has 0 aliphatic carbocycles. The average molecular weight is 523 g/mol. The van der Waals surface area contributed by atoms with E-state index < -0.39 is 0 Å². The number of hydrogen-bond donors (Lipinski definition) is 1. The van der Waals surface area contributed by atoms with Crippen molar-refractivity contribution in [1.29, 1.82) is 0 Å². The van der Waals surface area contributed by atoms with Crippen molar-refractivity contribution in [3.8, 4) is 5.69 Å². The fourth-order valence-corrected chi connectivity index (χ4v) is 5.30. The Morgan fingerprint density at radius 2 is 1.54 bits per heavy atom. The number of rotatable bonds is 8. The molecule has 1 amide bonds. The number of carbonyl (C=O) groups is 1. The van der Waals surface area contributed by atoms with Crippen molar-refractivity contribution in [2.45, 2.75) is 25.4 Å². The molecule has 0 aliphatic rings. The maximum atomic E-state index is 12.5. The Labute approximate surface area is 220 Å². The van der Waals surface area contributed by atoms with Gasteiger partial charge >= 0.3 is 0 Å². The summed E-state index contributed by atoms with van der Waals surface area (Å²) >= 11 is 14.2. The first-order chi connectivity index (χ1) is 16.9. The van der Waals surface area contributed by atoms with Crippen LogP contribution in [-0.2, 0) is 11.5 Å². The molecule has 35 heavy (non-hydrogen) atoms. The Morgan fingerprint density at radius 3 is 2.20 bits per heavy atom. The highest BCUT2D eigenvalue weighted by atomic mass is 35.5. The maximum absolute atomic E-state index is 12.5. The zero-order valence-corrected chi connectivity index (χ0v) is 21.8. The van der Waals surface area contributed by atoms with Crippen LogP contribution in [0.2, 0.25) is 10.0 Å². The summed E-state index contributed by atoms with van der Waals surface area (Å²) in [5, 5.41) is 5.32. The second kappa shape index (κ2) is 11.6. The van der Waals surface area contributed by atoms with E-state index >= 15 is 0 Å². The Kier molecular flexibility index (Phi) is 8.34. The molecule has 4 nitrogen and oxygen atoms in total. The number of nitrogens with one attached hydrogen (secondary N) is 1. The summed E-state index contributed by atoms with van der Waals surface area (Å²) in [4.78, 5) is 12.5. The van der Waals surface area contributed by atoms with E-state index in [2.05, 4.69) is 39.4 Å². The number of aromatic nitrogens is 1. The minimum atomic E-state index is -0.250. The van der Waals surface area contributed by atoms with Gasteiger partial charge in [0.25, 0.3) is 5.91 Å². The topological polar surface area (TPSA) is 46.4 Å². The number of carbonyl (C=O) groups excluding carboxylic acids is 1. The minimum absolute atomic E-state index is 0.250. The molecule has 0 aliphatic heterocycles. The highest BCUT2D eigenvalue weighted by molar-refractivity contribution is 7.97. The Morgan fingerprint density at radius 1 is 0.914 bits per heavy atom. The highest BCUT2D eigenvalue weighted by Crippen LogP contribution is 2.26. The second-order valence-corrected chi connectivity index (χ2v) is 10.0. The summed E-state index contributed by atoms with van der Waals surface area (Å²) < 4.78 is 2.05. The summed E-state index contributed by atoms with van der Waals surface area (Å²) in [5.74, 6) is 1.60. The SMILES string of the molecule is Cc1cc(/C=N/NC(=O)c2ccc(CSCc3ccccc3)cc2)c(C)n1-c1cc(Cl)cc(Cl)c1. The van der Waals surface area contributed by atoms with Crippen molar-refractivity contribution in [1.82, 2.24) is 9.99 Å². The van der Waals surface area contributed by atoms with E-state index in [-0.39, 0.29) is 5.91 Å². The molecule has 4 aromatic rings. The summed E-state index contributed by atoms with van der Waals surface area (Å²) in [6, 6.07) is 25.5. The summed E-state index contributed by atoms with van der Waals surface area (Å²) in [7, 11) is 0. The van der Waals surface area contributed by atoms with Crippen molar-refractivity contribution in [3.63, 3.8) is 0 Å². The fourth-order valence-electron chi connectivity index (χ4n) is 3.82. The lowest BCUT2D eigenvalue weighted by molar-refractivity contribution is 0.0955. The molecule has 7 heteroatoms. The maximum Gasteiger partial charge on any atom is 0.271 e. The third-order valence-corrected chi connectivity index (χ3v) is 7.05. The monoisotopic (exact) mass is 521 g/mol. The van der Waals surface area contributed by atoms with Crippen molar-refractivity contribution < 1.29 is 4.79 Å². The van der Waals surface area contributed by atoms with Crippen LogP contribution >= 0.6 is 35.0 Å². The molecule has 0 saturated heterocycles. The van der Waals surface area contributed by atoms with Crippen LogP contribution in [0.25, 0.3) is 5.69 Å². The second-order valence-electron chi connectivity index (χ2n) is 8.16.